The van der Waals surface area contributed by atoms with Crippen LogP contribution in [0, 0.1) is 12.3 Å². The summed E-state index contributed by atoms with van der Waals surface area (Å²) in [4.78, 5) is 12.1. The van der Waals surface area contributed by atoms with Crippen molar-refractivity contribution in [3.8, 4) is 0 Å². The third-order valence-corrected chi connectivity index (χ3v) is 2.92. The van der Waals surface area contributed by atoms with Crippen LogP contribution in [0.15, 0.2) is 24.3 Å². The van der Waals surface area contributed by atoms with Gasteiger partial charge in [0.15, 0.2) is 0 Å². The zero-order valence-electron chi connectivity index (χ0n) is 10.9. The van der Waals surface area contributed by atoms with Crippen molar-refractivity contribution in [1.82, 2.24) is 5.32 Å². The van der Waals surface area contributed by atoms with Crippen molar-refractivity contribution in [3.63, 3.8) is 0 Å². The van der Waals surface area contributed by atoms with Crippen LogP contribution in [0.3, 0.4) is 0 Å². The smallest absolute Gasteiger partial charge is 0.251 e. The molecule has 1 amide bonds. The van der Waals surface area contributed by atoms with E-state index >= 15 is 0 Å². The van der Waals surface area contributed by atoms with E-state index in [1.807, 2.05) is 45.9 Å². The molecule has 1 atom stereocenters. The van der Waals surface area contributed by atoms with E-state index in [1.165, 1.54) is 0 Å². The van der Waals surface area contributed by atoms with Gasteiger partial charge in [-0.05, 0) is 24.0 Å². The highest BCUT2D eigenvalue weighted by Gasteiger charge is 2.26. The van der Waals surface area contributed by atoms with E-state index in [1.54, 1.807) is 6.07 Å². The Balaban J connectivity index is 2.83. The maximum Gasteiger partial charge on any atom is 0.251 e. The first kappa shape index (κ1) is 13.7. The first-order valence-corrected chi connectivity index (χ1v) is 5.83. The normalized spacial score (nSPS) is 13.2. The number of aryl methyl sites for hydroxylation is 1. The standard InChI is InChI=1S/C14H21NO2/c1-10-7-5-6-8-11(10)13(17)15-12(9-16)14(2,3)4/h5-8,12,16H,9H2,1-4H3,(H,15,17)/t12-/m1/s1. The number of carbonyl (C=O) groups is 1. The number of nitrogens with one attached hydrogen (secondary N) is 1. The van der Waals surface area contributed by atoms with E-state index in [4.69, 9.17) is 0 Å². The summed E-state index contributed by atoms with van der Waals surface area (Å²) >= 11 is 0. The lowest BCUT2D eigenvalue weighted by molar-refractivity contribution is 0.0847. The van der Waals surface area contributed by atoms with Gasteiger partial charge in [0, 0.05) is 5.56 Å². The van der Waals surface area contributed by atoms with Crippen LogP contribution in [0.1, 0.15) is 36.7 Å². The second-order valence-corrected chi connectivity index (χ2v) is 5.39. The first-order valence-electron chi connectivity index (χ1n) is 5.83. The van der Waals surface area contributed by atoms with Gasteiger partial charge in [0.1, 0.15) is 0 Å². The topological polar surface area (TPSA) is 49.3 Å². The van der Waals surface area contributed by atoms with Crippen LogP contribution < -0.4 is 5.32 Å². The molecule has 17 heavy (non-hydrogen) atoms. The maximum absolute atomic E-state index is 12.1. The highest BCUT2D eigenvalue weighted by Crippen LogP contribution is 2.19. The van der Waals surface area contributed by atoms with Crippen LogP contribution in [0.2, 0.25) is 0 Å². The predicted octanol–water partition coefficient (Wildman–Crippen LogP) is 2.13. The van der Waals surface area contributed by atoms with E-state index < -0.39 is 0 Å². The molecule has 3 heteroatoms. The fourth-order valence-electron chi connectivity index (χ4n) is 1.60. The highest BCUT2D eigenvalue weighted by atomic mass is 16.3. The third-order valence-electron chi connectivity index (χ3n) is 2.92. The van der Waals surface area contributed by atoms with Crippen molar-refractivity contribution in [2.24, 2.45) is 5.41 Å². The molecule has 94 valence electrons. The zero-order chi connectivity index (χ0) is 13.1. The molecule has 3 nitrogen and oxygen atoms in total. The molecule has 0 spiro atoms. The van der Waals surface area contributed by atoms with Crippen LogP contribution in [-0.4, -0.2) is 23.7 Å². The monoisotopic (exact) mass is 235 g/mol. The van der Waals surface area contributed by atoms with Gasteiger partial charge in [0.2, 0.25) is 0 Å². The number of aliphatic hydroxyl groups excluding tert-OH is 1. The number of amides is 1. The largest absolute Gasteiger partial charge is 0.394 e. The van der Waals surface area contributed by atoms with E-state index in [0.717, 1.165) is 5.56 Å². The van der Waals surface area contributed by atoms with Crippen molar-refractivity contribution >= 4 is 5.91 Å². The summed E-state index contributed by atoms with van der Waals surface area (Å²) in [7, 11) is 0. The molecule has 0 aliphatic rings. The van der Waals surface area contributed by atoms with Crippen LogP contribution >= 0.6 is 0 Å². The second kappa shape index (κ2) is 5.32. The zero-order valence-corrected chi connectivity index (χ0v) is 10.9. The summed E-state index contributed by atoms with van der Waals surface area (Å²) < 4.78 is 0. The molecule has 0 fully saturated rings. The van der Waals surface area contributed by atoms with Crippen molar-refractivity contribution in [3.05, 3.63) is 35.4 Å². The quantitative estimate of drug-likeness (QED) is 0.843. The molecule has 0 saturated heterocycles. The van der Waals surface area contributed by atoms with Crippen molar-refractivity contribution < 1.29 is 9.90 Å². The summed E-state index contributed by atoms with van der Waals surface area (Å²) in [6.45, 7) is 7.82. The number of hydrogen-bond donors (Lipinski definition) is 2. The average molecular weight is 235 g/mol. The summed E-state index contributed by atoms with van der Waals surface area (Å²) in [6.07, 6.45) is 0. The van der Waals surface area contributed by atoms with Crippen LogP contribution in [0.4, 0.5) is 0 Å². The molecule has 0 saturated carbocycles. The average Bonchev–Trinajstić information content (AvgIpc) is 2.24. The van der Waals surface area contributed by atoms with Gasteiger partial charge in [0.25, 0.3) is 5.91 Å². The van der Waals surface area contributed by atoms with E-state index in [-0.39, 0.29) is 24.0 Å². The summed E-state index contributed by atoms with van der Waals surface area (Å²) in [5.41, 5.74) is 1.44. The van der Waals surface area contributed by atoms with Crippen LogP contribution in [0.25, 0.3) is 0 Å². The minimum Gasteiger partial charge on any atom is -0.394 e. The Morgan fingerprint density at radius 2 is 1.94 bits per heavy atom. The fourth-order valence-corrected chi connectivity index (χ4v) is 1.60. The number of aliphatic hydroxyl groups is 1. The van der Waals surface area contributed by atoms with Gasteiger partial charge in [0.05, 0.1) is 12.6 Å². The summed E-state index contributed by atoms with van der Waals surface area (Å²) in [5, 5.41) is 12.2. The summed E-state index contributed by atoms with van der Waals surface area (Å²) in [5.74, 6) is -0.128. The summed E-state index contributed by atoms with van der Waals surface area (Å²) in [6, 6.07) is 7.20. The molecule has 1 rings (SSSR count). The molecular weight excluding hydrogens is 214 g/mol. The Morgan fingerprint density at radius 1 is 1.35 bits per heavy atom. The minimum atomic E-state index is -0.241. The Hall–Kier alpha value is -1.35. The SMILES string of the molecule is Cc1ccccc1C(=O)N[C@H](CO)C(C)(C)C. The van der Waals surface area contributed by atoms with E-state index in [2.05, 4.69) is 5.32 Å². The van der Waals surface area contributed by atoms with Crippen molar-refractivity contribution in [1.29, 1.82) is 0 Å². The van der Waals surface area contributed by atoms with Crippen LogP contribution in [0.5, 0.6) is 0 Å². The maximum atomic E-state index is 12.1. The van der Waals surface area contributed by atoms with E-state index in [0.29, 0.717) is 5.56 Å². The number of carbonyl (C=O) groups excluding carboxylic acids is 1. The van der Waals surface area contributed by atoms with Gasteiger partial charge in [-0.2, -0.15) is 0 Å². The molecule has 0 aliphatic carbocycles. The van der Waals surface area contributed by atoms with Gasteiger partial charge in [-0.15, -0.1) is 0 Å². The molecule has 0 bridgehead atoms. The Morgan fingerprint density at radius 3 is 2.41 bits per heavy atom. The van der Waals surface area contributed by atoms with Gasteiger partial charge in [-0.25, -0.2) is 0 Å². The lowest BCUT2D eigenvalue weighted by Gasteiger charge is -2.30. The van der Waals surface area contributed by atoms with Gasteiger partial charge in [-0.1, -0.05) is 39.0 Å². The van der Waals surface area contributed by atoms with Gasteiger partial charge < -0.3 is 10.4 Å². The lowest BCUT2D eigenvalue weighted by atomic mass is 9.87. The van der Waals surface area contributed by atoms with Crippen molar-refractivity contribution in [2.45, 2.75) is 33.7 Å². The molecule has 1 aromatic carbocycles. The van der Waals surface area contributed by atoms with Gasteiger partial charge in [-0.3, -0.25) is 4.79 Å². The Bertz CT molecular complexity index is 393. The van der Waals surface area contributed by atoms with Gasteiger partial charge >= 0.3 is 0 Å². The second-order valence-electron chi connectivity index (χ2n) is 5.39. The molecule has 0 aliphatic heterocycles. The van der Waals surface area contributed by atoms with E-state index in [9.17, 15) is 9.90 Å². The number of benzene rings is 1. The molecule has 0 heterocycles. The third kappa shape index (κ3) is 3.56. The van der Waals surface area contributed by atoms with Crippen molar-refractivity contribution in [2.75, 3.05) is 6.61 Å². The highest BCUT2D eigenvalue weighted by molar-refractivity contribution is 5.95. The Labute approximate surface area is 103 Å². The number of rotatable bonds is 3. The predicted molar refractivity (Wildman–Crippen MR) is 69.0 cm³/mol. The first-order chi connectivity index (χ1) is 7.86. The molecule has 1 aromatic rings. The molecule has 0 radical (unpaired) electrons. The molecule has 0 unspecified atom stereocenters. The Kier molecular flexibility index (Phi) is 4.29. The number of hydrogen-bond acceptors (Lipinski definition) is 2. The minimum absolute atomic E-state index is 0.0544. The van der Waals surface area contributed by atoms with Crippen LogP contribution in [-0.2, 0) is 0 Å². The fraction of sp³-hybridized carbons (Fsp3) is 0.500. The molecule has 2 N–H and O–H groups in total. The lowest BCUT2D eigenvalue weighted by Crippen LogP contribution is -2.46. The molecular formula is C14H21NO2. The molecule has 0 aromatic heterocycles.